The van der Waals surface area contributed by atoms with Gasteiger partial charge in [0.05, 0.1) is 6.21 Å². The number of benzene rings is 4. The second kappa shape index (κ2) is 9.14. The molecule has 0 radical (unpaired) electrons. The first-order valence-electron chi connectivity index (χ1n) is 10.0. The molecule has 158 valence electrons. The van der Waals surface area contributed by atoms with Crippen LogP contribution in [0.4, 0.5) is 5.69 Å². The van der Waals surface area contributed by atoms with Crippen LogP contribution in [0.25, 0.3) is 10.8 Å². The quantitative estimate of drug-likeness (QED) is 0.316. The van der Waals surface area contributed by atoms with Crippen LogP contribution in [0.2, 0.25) is 0 Å². The Morgan fingerprint density at radius 2 is 1.59 bits per heavy atom. The number of phenolic OH excluding ortho intramolecular Hbond substituents is 1. The maximum Gasteiger partial charge on any atom is 0.271 e. The number of phenols is 1. The summed E-state index contributed by atoms with van der Waals surface area (Å²) in [4.78, 5) is 25.0. The van der Waals surface area contributed by atoms with Gasteiger partial charge >= 0.3 is 0 Å². The van der Waals surface area contributed by atoms with Crippen LogP contribution >= 0.6 is 0 Å². The van der Waals surface area contributed by atoms with E-state index in [0.29, 0.717) is 22.4 Å². The molecule has 32 heavy (non-hydrogen) atoms. The Morgan fingerprint density at radius 3 is 2.41 bits per heavy atom. The number of nitrogens with zero attached hydrogens (tertiary/aromatic N) is 1. The number of hydrogen-bond acceptors (Lipinski definition) is 4. The summed E-state index contributed by atoms with van der Waals surface area (Å²) in [6, 6.07) is 24.9. The van der Waals surface area contributed by atoms with Crippen molar-refractivity contribution in [2.45, 2.75) is 6.92 Å². The van der Waals surface area contributed by atoms with Crippen molar-refractivity contribution in [3.05, 3.63) is 107 Å². The Hall–Kier alpha value is -4.45. The molecule has 0 saturated carbocycles. The Labute approximate surface area is 185 Å². The molecule has 0 aliphatic rings. The minimum Gasteiger partial charge on any atom is -0.507 e. The second-order valence-corrected chi connectivity index (χ2v) is 7.32. The van der Waals surface area contributed by atoms with Crippen molar-refractivity contribution in [2.24, 2.45) is 5.10 Å². The molecule has 4 aromatic carbocycles. The highest BCUT2D eigenvalue weighted by Gasteiger charge is 2.10. The summed E-state index contributed by atoms with van der Waals surface area (Å²) < 4.78 is 0. The molecule has 0 bridgehead atoms. The number of carbonyl (C=O) groups excluding carboxylic acids is 2. The molecule has 0 aliphatic carbocycles. The average Bonchev–Trinajstić information content (AvgIpc) is 2.80. The summed E-state index contributed by atoms with van der Waals surface area (Å²) in [5.74, 6) is -0.620. The number of amides is 2. The average molecular weight is 423 g/mol. The second-order valence-electron chi connectivity index (χ2n) is 7.32. The normalized spacial score (nSPS) is 10.9. The van der Waals surface area contributed by atoms with E-state index in [9.17, 15) is 14.7 Å². The molecule has 6 nitrogen and oxygen atoms in total. The van der Waals surface area contributed by atoms with Gasteiger partial charge in [-0.1, -0.05) is 54.1 Å². The predicted octanol–water partition coefficient (Wildman–Crippen LogP) is 4.87. The van der Waals surface area contributed by atoms with E-state index >= 15 is 0 Å². The molecule has 0 saturated heterocycles. The van der Waals surface area contributed by atoms with Crippen LogP contribution in [0.1, 0.15) is 31.8 Å². The van der Waals surface area contributed by atoms with E-state index in [-0.39, 0.29) is 11.7 Å². The lowest BCUT2D eigenvalue weighted by atomic mass is 10.0. The van der Waals surface area contributed by atoms with Gasteiger partial charge in [0.1, 0.15) is 5.75 Å². The zero-order valence-corrected chi connectivity index (χ0v) is 17.4. The lowest BCUT2D eigenvalue weighted by Crippen LogP contribution is -2.18. The summed E-state index contributed by atoms with van der Waals surface area (Å²) in [5, 5.41) is 18.8. The fraction of sp³-hybridized carbons (Fsp3) is 0.0385. The van der Waals surface area contributed by atoms with E-state index in [1.165, 1.54) is 6.21 Å². The van der Waals surface area contributed by atoms with Gasteiger partial charge < -0.3 is 10.4 Å². The molecule has 0 aliphatic heterocycles. The van der Waals surface area contributed by atoms with Crippen LogP contribution < -0.4 is 10.7 Å². The first kappa shape index (κ1) is 20.8. The van der Waals surface area contributed by atoms with E-state index in [2.05, 4.69) is 15.8 Å². The van der Waals surface area contributed by atoms with E-state index in [1.807, 2.05) is 49.4 Å². The Morgan fingerprint density at radius 1 is 0.844 bits per heavy atom. The third-order valence-corrected chi connectivity index (χ3v) is 4.97. The van der Waals surface area contributed by atoms with Crippen molar-refractivity contribution in [3.8, 4) is 5.75 Å². The first-order chi connectivity index (χ1) is 15.5. The summed E-state index contributed by atoms with van der Waals surface area (Å²) >= 11 is 0. The third kappa shape index (κ3) is 4.65. The molecule has 0 unspecified atom stereocenters. The highest BCUT2D eigenvalue weighted by Crippen LogP contribution is 2.25. The first-order valence-corrected chi connectivity index (χ1v) is 10.0. The number of aryl methyl sites for hydroxylation is 1. The molecule has 0 heterocycles. The summed E-state index contributed by atoms with van der Waals surface area (Å²) in [6.45, 7) is 1.92. The lowest BCUT2D eigenvalue weighted by Gasteiger charge is -2.08. The highest BCUT2D eigenvalue weighted by molar-refractivity contribution is 6.05. The number of hydrazone groups is 1. The molecule has 4 rings (SSSR count). The molecule has 2 amide bonds. The molecule has 4 aromatic rings. The van der Waals surface area contributed by atoms with E-state index in [4.69, 9.17) is 0 Å². The molecule has 6 heteroatoms. The van der Waals surface area contributed by atoms with Gasteiger partial charge in [-0.3, -0.25) is 9.59 Å². The molecular weight excluding hydrogens is 402 g/mol. The molecule has 0 fully saturated rings. The maximum absolute atomic E-state index is 12.5. The molecule has 0 atom stereocenters. The Kier molecular flexibility index (Phi) is 5.94. The van der Waals surface area contributed by atoms with Crippen LogP contribution in [0.5, 0.6) is 5.75 Å². The van der Waals surface area contributed by atoms with Crippen LogP contribution in [0, 0.1) is 6.92 Å². The van der Waals surface area contributed by atoms with Gasteiger partial charge in [-0.05, 0) is 54.1 Å². The van der Waals surface area contributed by atoms with Crippen LogP contribution in [0.3, 0.4) is 0 Å². The van der Waals surface area contributed by atoms with E-state index in [1.54, 1.807) is 42.5 Å². The molecular formula is C26H21N3O3. The van der Waals surface area contributed by atoms with Gasteiger partial charge in [-0.25, -0.2) is 5.43 Å². The van der Waals surface area contributed by atoms with Gasteiger partial charge in [0.2, 0.25) is 0 Å². The number of aromatic hydroxyl groups is 1. The zero-order chi connectivity index (χ0) is 22.5. The topological polar surface area (TPSA) is 90.8 Å². The number of hydrogen-bond donors (Lipinski definition) is 3. The number of rotatable bonds is 5. The smallest absolute Gasteiger partial charge is 0.271 e. The van der Waals surface area contributed by atoms with Crippen molar-refractivity contribution in [1.82, 2.24) is 5.43 Å². The summed E-state index contributed by atoms with van der Waals surface area (Å²) in [6.07, 6.45) is 1.42. The van der Waals surface area contributed by atoms with Crippen LogP contribution in [0.15, 0.2) is 90.0 Å². The maximum atomic E-state index is 12.5. The fourth-order valence-electron chi connectivity index (χ4n) is 3.37. The van der Waals surface area contributed by atoms with Gasteiger partial charge in [-0.2, -0.15) is 5.10 Å². The third-order valence-electron chi connectivity index (χ3n) is 4.97. The zero-order valence-electron chi connectivity index (χ0n) is 17.4. The number of anilines is 1. The molecule has 3 N–H and O–H groups in total. The van der Waals surface area contributed by atoms with Gasteiger partial charge in [0.25, 0.3) is 11.8 Å². The molecule has 0 spiro atoms. The SMILES string of the molecule is Cc1cccc(C(=O)Nc2cccc(C(=O)N/N=C\c3c(O)ccc4ccccc34)c2)c1. The van der Waals surface area contributed by atoms with Gasteiger partial charge in [-0.15, -0.1) is 0 Å². The minimum absolute atomic E-state index is 0.0718. The Balaban J connectivity index is 1.47. The van der Waals surface area contributed by atoms with Gasteiger partial charge in [0, 0.05) is 22.4 Å². The number of carbonyl (C=O) groups is 2. The Bertz CT molecular complexity index is 1350. The van der Waals surface area contributed by atoms with E-state index < -0.39 is 5.91 Å². The highest BCUT2D eigenvalue weighted by atomic mass is 16.3. The van der Waals surface area contributed by atoms with Crippen molar-refractivity contribution in [3.63, 3.8) is 0 Å². The number of fused-ring (bicyclic) bond motifs is 1. The fourth-order valence-corrected chi connectivity index (χ4v) is 3.37. The van der Waals surface area contributed by atoms with Crippen molar-refractivity contribution < 1.29 is 14.7 Å². The summed E-state index contributed by atoms with van der Waals surface area (Å²) in [7, 11) is 0. The van der Waals surface area contributed by atoms with Crippen LogP contribution in [-0.4, -0.2) is 23.1 Å². The van der Waals surface area contributed by atoms with Crippen LogP contribution in [-0.2, 0) is 0 Å². The van der Waals surface area contributed by atoms with Crippen molar-refractivity contribution in [1.29, 1.82) is 0 Å². The lowest BCUT2D eigenvalue weighted by molar-refractivity contribution is 0.0953. The predicted molar refractivity (Wildman–Crippen MR) is 126 cm³/mol. The summed E-state index contributed by atoms with van der Waals surface area (Å²) in [5.41, 5.74) is 5.35. The standard InChI is InChI=1S/C26H21N3O3/c1-17-6-4-8-19(14-17)25(31)28-21-10-5-9-20(15-21)26(32)29-27-16-23-22-11-3-2-7-18(22)12-13-24(23)30/h2-16,30H,1H3,(H,28,31)(H,29,32)/b27-16-. The van der Waals surface area contributed by atoms with Gasteiger partial charge in [0.15, 0.2) is 0 Å². The van der Waals surface area contributed by atoms with Crippen molar-refractivity contribution in [2.75, 3.05) is 5.32 Å². The number of nitrogens with one attached hydrogen (secondary N) is 2. The van der Waals surface area contributed by atoms with E-state index in [0.717, 1.165) is 16.3 Å². The molecule has 0 aromatic heterocycles. The monoisotopic (exact) mass is 423 g/mol. The largest absolute Gasteiger partial charge is 0.507 e. The minimum atomic E-state index is -0.437. The van der Waals surface area contributed by atoms with Crippen molar-refractivity contribution >= 4 is 34.5 Å².